The number of ether oxygens (including phenoxy) is 2. The third kappa shape index (κ3) is 4.22. The van der Waals surface area contributed by atoms with Crippen LogP contribution in [0, 0.1) is 0 Å². The monoisotopic (exact) mass is 400 g/mol. The van der Waals surface area contributed by atoms with Crippen molar-refractivity contribution in [2.24, 2.45) is 0 Å². The zero-order valence-corrected chi connectivity index (χ0v) is 16.5. The highest BCUT2D eigenvalue weighted by atomic mass is 32.2. The molecule has 0 unspecified atom stereocenters. The normalized spacial score (nSPS) is 18.4. The number of benzene rings is 2. The molecule has 0 aromatic heterocycles. The van der Waals surface area contributed by atoms with Crippen molar-refractivity contribution < 1.29 is 17.9 Å². The molecule has 1 saturated heterocycles. The van der Waals surface area contributed by atoms with E-state index in [1.807, 2.05) is 18.2 Å². The van der Waals surface area contributed by atoms with Crippen LogP contribution in [0.1, 0.15) is 5.56 Å². The third-order valence-electron chi connectivity index (χ3n) is 4.96. The van der Waals surface area contributed by atoms with E-state index in [0.717, 1.165) is 6.54 Å². The van der Waals surface area contributed by atoms with E-state index in [4.69, 9.17) is 9.47 Å². The molecule has 7 heteroatoms. The topological polar surface area (TPSA) is 59.1 Å². The molecule has 0 aliphatic carbocycles. The van der Waals surface area contributed by atoms with E-state index in [1.165, 1.54) is 5.56 Å². The van der Waals surface area contributed by atoms with Crippen molar-refractivity contribution in [3.8, 4) is 11.5 Å². The van der Waals surface area contributed by atoms with Gasteiger partial charge in [0.25, 0.3) is 0 Å². The number of sulfonamides is 1. The molecule has 0 amide bonds. The van der Waals surface area contributed by atoms with Gasteiger partial charge in [0.05, 0.1) is 4.90 Å². The maximum Gasteiger partial charge on any atom is 0.243 e. The van der Waals surface area contributed by atoms with Gasteiger partial charge in [0, 0.05) is 38.8 Å². The van der Waals surface area contributed by atoms with Crippen molar-refractivity contribution in [3.63, 3.8) is 0 Å². The number of rotatable bonds is 5. The van der Waals surface area contributed by atoms with Crippen molar-refractivity contribution in [3.05, 3.63) is 60.2 Å². The summed E-state index contributed by atoms with van der Waals surface area (Å²) in [7, 11) is -3.53. The number of hydrogen-bond donors (Lipinski definition) is 0. The summed E-state index contributed by atoms with van der Waals surface area (Å²) in [5.41, 5.74) is 1.17. The summed E-state index contributed by atoms with van der Waals surface area (Å²) < 4.78 is 38.5. The van der Waals surface area contributed by atoms with Crippen LogP contribution in [0.4, 0.5) is 0 Å². The lowest BCUT2D eigenvalue weighted by Gasteiger charge is -2.33. The van der Waals surface area contributed by atoms with Crippen molar-refractivity contribution in [2.45, 2.75) is 4.90 Å². The van der Waals surface area contributed by atoms with Gasteiger partial charge in [-0.25, -0.2) is 8.42 Å². The van der Waals surface area contributed by atoms with Gasteiger partial charge in [-0.3, -0.25) is 4.90 Å². The van der Waals surface area contributed by atoms with Crippen LogP contribution in [0.15, 0.2) is 59.5 Å². The summed E-state index contributed by atoms with van der Waals surface area (Å²) in [4.78, 5) is 2.52. The average molecular weight is 401 g/mol. The molecule has 1 fully saturated rings. The van der Waals surface area contributed by atoms with Crippen LogP contribution in [0.2, 0.25) is 0 Å². The highest BCUT2D eigenvalue weighted by Gasteiger charge is 2.29. The second-order valence-electron chi connectivity index (χ2n) is 6.82. The second kappa shape index (κ2) is 8.34. The van der Waals surface area contributed by atoms with Gasteiger partial charge in [-0.1, -0.05) is 42.5 Å². The van der Waals surface area contributed by atoms with Gasteiger partial charge in [0.15, 0.2) is 11.5 Å². The fourth-order valence-corrected chi connectivity index (χ4v) is 4.83. The van der Waals surface area contributed by atoms with E-state index in [9.17, 15) is 8.42 Å². The molecule has 0 atom stereocenters. The van der Waals surface area contributed by atoms with Gasteiger partial charge in [-0.15, -0.1) is 0 Å². The maximum atomic E-state index is 13.0. The predicted molar refractivity (Wildman–Crippen MR) is 108 cm³/mol. The van der Waals surface area contributed by atoms with E-state index in [2.05, 4.69) is 29.2 Å². The SMILES string of the molecule is O=S(=O)(c1ccc2c(c1)OCCO2)N1CCN(CC=Cc2ccccc2)CC1. The Labute approximate surface area is 166 Å². The van der Waals surface area contributed by atoms with Crippen LogP contribution in [-0.4, -0.2) is 63.6 Å². The maximum absolute atomic E-state index is 13.0. The number of nitrogens with zero attached hydrogens (tertiary/aromatic N) is 2. The molecule has 2 heterocycles. The molecule has 148 valence electrons. The van der Waals surface area contributed by atoms with Crippen LogP contribution >= 0.6 is 0 Å². The first-order valence-electron chi connectivity index (χ1n) is 9.47. The van der Waals surface area contributed by atoms with Crippen molar-refractivity contribution in [1.82, 2.24) is 9.21 Å². The van der Waals surface area contributed by atoms with Crippen molar-refractivity contribution in [2.75, 3.05) is 45.9 Å². The smallest absolute Gasteiger partial charge is 0.243 e. The van der Waals surface area contributed by atoms with E-state index in [0.29, 0.717) is 50.9 Å². The molecule has 6 nitrogen and oxygen atoms in total. The lowest BCUT2D eigenvalue weighted by Crippen LogP contribution is -2.48. The van der Waals surface area contributed by atoms with Crippen LogP contribution in [0.25, 0.3) is 6.08 Å². The second-order valence-corrected chi connectivity index (χ2v) is 8.76. The molecule has 0 radical (unpaired) electrons. The molecule has 0 bridgehead atoms. The first-order chi connectivity index (χ1) is 13.6. The van der Waals surface area contributed by atoms with Crippen molar-refractivity contribution >= 4 is 16.1 Å². The minimum absolute atomic E-state index is 0.258. The summed E-state index contributed by atoms with van der Waals surface area (Å²) in [6.45, 7) is 4.12. The van der Waals surface area contributed by atoms with Gasteiger partial charge >= 0.3 is 0 Å². The van der Waals surface area contributed by atoms with Gasteiger partial charge in [0.1, 0.15) is 13.2 Å². The molecule has 4 rings (SSSR count). The summed E-state index contributed by atoms with van der Waals surface area (Å²) in [6, 6.07) is 15.0. The summed E-state index contributed by atoms with van der Waals surface area (Å²) >= 11 is 0. The molecule has 2 aromatic carbocycles. The Hall–Kier alpha value is -2.35. The first kappa shape index (κ1) is 19.0. The standard InChI is InChI=1S/C21H24N2O4S/c24-28(25,19-8-9-20-21(17-19)27-16-15-26-20)23-13-11-22(12-14-23)10-4-7-18-5-2-1-3-6-18/h1-9,17H,10-16H2. The Morgan fingerprint density at radius 2 is 1.61 bits per heavy atom. The molecule has 0 N–H and O–H groups in total. The molecular weight excluding hydrogens is 376 g/mol. The van der Waals surface area contributed by atoms with Crippen molar-refractivity contribution in [1.29, 1.82) is 0 Å². The Bertz CT molecular complexity index is 936. The highest BCUT2D eigenvalue weighted by Crippen LogP contribution is 2.33. The zero-order chi connectivity index (χ0) is 19.4. The minimum atomic E-state index is -3.53. The fraction of sp³-hybridized carbons (Fsp3) is 0.333. The molecule has 2 aliphatic rings. The molecule has 28 heavy (non-hydrogen) atoms. The molecule has 0 saturated carbocycles. The minimum Gasteiger partial charge on any atom is -0.486 e. The van der Waals surface area contributed by atoms with Crippen LogP contribution in [-0.2, 0) is 10.0 Å². The summed E-state index contributed by atoms with van der Waals surface area (Å²) in [6.07, 6.45) is 4.22. The average Bonchev–Trinajstić information content (AvgIpc) is 2.74. The van der Waals surface area contributed by atoms with Gasteiger partial charge in [0.2, 0.25) is 10.0 Å². The number of fused-ring (bicyclic) bond motifs is 1. The fourth-order valence-electron chi connectivity index (χ4n) is 3.39. The first-order valence-corrected chi connectivity index (χ1v) is 10.9. The summed E-state index contributed by atoms with van der Waals surface area (Å²) in [5, 5.41) is 0. The predicted octanol–water partition coefficient (Wildman–Crippen LogP) is 2.48. The zero-order valence-electron chi connectivity index (χ0n) is 15.7. The van der Waals surface area contributed by atoms with Gasteiger partial charge in [-0.05, 0) is 17.7 Å². The van der Waals surface area contributed by atoms with Crippen LogP contribution in [0.5, 0.6) is 11.5 Å². The highest BCUT2D eigenvalue weighted by molar-refractivity contribution is 7.89. The number of hydrogen-bond acceptors (Lipinski definition) is 5. The largest absolute Gasteiger partial charge is 0.486 e. The van der Waals surface area contributed by atoms with Crippen LogP contribution < -0.4 is 9.47 Å². The Morgan fingerprint density at radius 3 is 2.36 bits per heavy atom. The Morgan fingerprint density at radius 1 is 0.893 bits per heavy atom. The molecule has 2 aromatic rings. The lowest BCUT2D eigenvalue weighted by molar-refractivity contribution is 0.171. The van der Waals surface area contributed by atoms with E-state index < -0.39 is 10.0 Å². The molecular formula is C21H24N2O4S. The van der Waals surface area contributed by atoms with E-state index in [1.54, 1.807) is 22.5 Å². The lowest BCUT2D eigenvalue weighted by atomic mass is 10.2. The van der Waals surface area contributed by atoms with Crippen LogP contribution in [0.3, 0.4) is 0 Å². The molecule has 0 spiro atoms. The molecule has 2 aliphatic heterocycles. The Balaban J connectivity index is 1.35. The van der Waals surface area contributed by atoms with Gasteiger partial charge in [-0.2, -0.15) is 4.31 Å². The van der Waals surface area contributed by atoms with Gasteiger partial charge < -0.3 is 9.47 Å². The quantitative estimate of drug-likeness (QED) is 0.772. The Kier molecular flexibility index (Phi) is 5.66. The summed E-state index contributed by atoms with van der Waals surface area (Å²) in [5.74, 6) is 1.09. The van der Waals surface area contributed by atoms with E-state index >= 15 is 0 Å². The van der Waals surface area contributed by atoms with E-state index in [-0.39, 0.29) is 4.90 Å². The number of piperazine rings is 1. The third-order valence-corrected chi connectivity index (χ3v) is 6.85.